The molecule has 0 saturated carbocycles. The van der Waals surface area contributed by atoms with Gasteiger partial charge in [-0.25, -0.2) is 4.98 Å². The Kier molecular flexibility index (Phi) is 5.17. The Morgan fingerprint density at radius 2 is 2.14 bits per heavy atom. The zero-order chi connectivity index (χ0) is 15.3. The van der Waals surface area contributed by atoms with Crippen LogP contribution in [0.1, 0.15) is 25.5 Å². The fourth-order valence-corrected chi connectivity index (χ4v) is 3.32. The molecular weight excluding hydrogens is 288 g/mol. The molecule has 0 amide bonds. The molecule has 1 saturated heterocycles. The third-order valence-electron chi connectivity index (χ3n) is 3.38. The lowest BCUT2D eigenvalue weighted by atomic mass is 10.0. The van der Waals surface area contributed by atoms with Crippen LogP contribution in [0.5, 0.6) is 0 Å². The average Bonchev–Trinajstić information content (AvgIpc) is 2.45. The third kappa shape index (κ3) is 4.43. The van der Waals surface area contributed by atoms with Crippen LogP contribution in [0.25, 0.3) is 0 Å². The minimum atomic E-state index is -3.55. The largest absolute Gasteiger partial charge is 0.320 e. The molecule has 0 bridgehead atoms. The number of hydrogen-bond acceptors (Lipinski definition) is 4. The van der Waals surface area contributed by atoms with Crippen LogP contribution < -0.4 is 10.5 Å². The van der Waals surface area contributed by atoms with Crippen molar-refractivity contribution in [1.82, 2.24) is 9.29 Å². The van der Waals surface area contributed by atoms with E-state index in [0.717, 1.165) is 12.8 Å². The maximum absolute atomic E-state index is 12.3. The van der Waals surface area contributed by atoms with Crippen molar-refractivity contribution in [3.05, 3.63) is 23.9 Å². The summed E-state index contributed by atoms with van der Waals surface area (Å²) >= 11 is 0. The summed E-state index contributed by atoms with van der Waals surface area (Å²) in [7, 11) is -3.55. The number of aromatic nitrogens is 1. The molecule has 2 rings (SSSR count). The number of nitrogens with zero attached hydrogens (tertiary/aromatic N) is 2. The van der Waals surface area contributed by atoms with Crippen molar-refractivity contribution in [3.63, 3.8) is 0 Å². The summed E-state index contributed by atoms with van der Waals surface area (Å²) in [5, 5.41) is 0. The molecule has 1 aliphatic heterocycles. The van der Waals surface area contributed by atoms with Crippen molar-refractivity contribution in [1.29, 1.82) is 0 Å². The van der Waals surface area contributed by atoms with E-state index in [9.17, 15) is 8.42 Å². The van der Waals surface area contributed by atoms with Gasteiger partial charge in [-0.05, 0) is 36.8 Å². The predicted octanol–water partition coefficient (Wildman–Crippen LogP) is 0.780. The van der Waals surface area contributed by atoms with E-state index in [1.807, 2.05) is 0 Å². The lowest BCUT2D eigenvalue weighted by molar-refractivity contribution is 0.289. The molecule has 0 spiro atoms. The summed E-state index contributed by atoms with van der Waals surface area (Å²) in [4.78, 5) is 4.16. The molecule has 0 aliphatic carbocycles. The van der Waals surface area contributed by atoms with Gasteiger partial charge in [0, 0.05) is 13.1 Å². The minimum Gasteiger partial charge on any atom is -0.320 e. The van der Waals surface area contributed by atoms with Gasteiger partial charge in [0.05, 0.1) is 6.54 Å². The van der Waals surface area contributed by atoms with Gasteiger partial charge in [-0.3, -0.25) is 4.72 Å². The van der Waals surface area contributed by atoms with E-state index in [4.69, 9.17) is 5.73 Å². The molecule has 1 aliphatic rings. The van der Waals surface area contributed by atoms with Gasteiger partial charge in [-0.15, -0.1) is 0 Å². The normalized spacial score (nSPS) is 17.0. The number of anilines is 1. The zero-order valence-electron chi connectivity index (χ0n) is 12.0. The van der Waals surface area contributed by atoms with Gasteiger partial charge < -0.3 is 5.73 Å². The molecule has 0 atom stereocenters. The van der Waals surface area contributed by atoms with Crippen molar-refractivity contribution < 1.29 is 8.42 Å². The first-order valence-electron chi connectivity index (χ1n) is 6.95. The van der Waals surface area contributed by atoms with Gasteiger partial charge in [0.1, 0.15) is 11.5 Å². The summed E-state index contributed by atoms with van der Waals surface area (Å²) in [6.45, 7) is 3.47. The summed E-state index contributed by atoms with van der Waals surface area (Å²) in [6, 6.07) is 5.03. The Balaban J connectivity index is 2.09. The first kappa shape index (κ1) is 15.8. The second-order valence-corrected chi connectivity index (χ2v) is 6.77. The highest BCUT2D eigenvalue weighted by atomic mass is 32.2. The van der Waals surface area contributed by atoms with Crippen molar-refractivity contribution >= 4 is 16.0 Å². The Morgan fingerprint density at radius 3 is 2.81 bits per heavy atom. The number of nitrogens with one attached hydrogen (secondary N) is 1. The highest BCUT2D eigenvalue weighted by Crippen LogP contribution is 2.19. The lowest BCUT2D eigenvalue weighted by Gasteiger charge is -2.29. The van der Waals surface area contributed by atoms with E-state index < -0.39 is 10.2 Å². The van der Waals surface area contributed by atoms with Gasteiger partial charge in [-0.1, -0.05) is 18.9 Å². The molecular formula is C14H20N4O2S. The molecule has 2 heterocycles. The quantitative estimate of drug-likeness (QED) is 0.808. The van der Waals surface area contributed by atoms with Gasteiger partial charge in [0.15, 0.2) is 0 Å². The molecule has 21 heavy (non-hydrogen) atoms. The second kappa shape index (κ2) is 6.89. The molecule has 1 aromatic heterocycles. The van der Waals surface area contributed by atoms with Crippen LogP contribution in [0.15, 0.2) is 18.2 Å². The first-order valence-corrected chi connectivity index (χ1v) is 8.39. The molecule has 7 heteroatoms. The lowest BCUT2D eigenvalue weighted by Crippen LogP contribution is -2.41. The van der Waals surface area contributed by atoms with Gasteiger partial charge in [-0.2, -0.15) is 12.7 Å². The molecule has 0 radical (unpaired) electrons. The first-order chi connectivity index (χ1) is 10.0. The van der Waals surface area contributed by atoms with Crippen LogP contribution in [0.2, 0.25) is 0 Å². The fraction of sp³-hybridized carbons (Fsp3) is 0.500. The predicted molar refractivity (Wildman–Crippen MR) is 82.7 cm³/mol. The topological polar surface area (TPSA) is 88.3 Å². The van der Waals surface area contributed by atoms with Crippen molar-refractivity contribution in [2.75, 3.05) is 24.4 Å². The summed E-state index contributed by atoms with van der Waals surface area (Å²) in [6.07, 6.45) is 1.77. The van der Waals surface area contributed by atoms with Crippen molar-refractivity contribution in [2.45, 2.75) is 19.8 Å². The van der Waals surface area contributed by atoms with E-state index in [-0.39, 0.29) is 12.4 Å². The van der Waals surface area contributed by atoms with Crippen LogP contribution in [0, 0.1) is 17.8 Å². The molecule has 3 N–H and O–H groups in total. The van der Waals surface area contributed by atoms with E-state index in [2.05, 4.69) is 28.5 Å². The number of nitrogens with two attached hydrogens (primary N) is 1. The monoisotopic (exact) mass is 308 g/mol. The van der Waals surface area contributed by atoms with Crippen LogP contribution in [-0.2, 0) is 10.2 Å². The van der Waals surface area contributed by atoms with Gasteiger partial charge >= 0.3 is 10.2 Å². The van der Waals surface area contributed by atoms with E-state index in [0.29, 0.717) is 24.7 Å². The highest BCUT2D eigenvalue weighted by Gasteiger charge is 2.26. The average molecular weight is 308 g/mol. The zero-order valence-corrected chi connectivity index (χ0v) is 12.9. The molecule has 0 unspecified atom stereocenters. The molecule has 6 nitrogen and oxygen atoms in total. The highest BCUT2D eigenvalue weighted by molar-refractivity contribution is 7.90. The molecule has 0 aromatic carbocycles. The Morgan fingerprint density at radius 1 is 1.43 bits per heavy atom. The number of hydrogen-bond donors (Lipinski definition) is 2. The van der Waals surface area contributed by atoms with Crippen LogP contribution in [0.3, 0.4) is 0 Å². The standard InChI is InChI=1S/C14H20N4O2S/c1-12-7-10-18(11-8-12)21(19,20)17-14-6-2-4-13(16-14)5-3-9-15/h2,4,6,12H,7-11,15H2,1H3,(H,16,17). The van der Waals surface area contributed by atoms with Crippen molar-refractivity contribution in [3.8, 4) is 11.8 Å². The van der Waals surface area contributed by atoms with Crippen molar-refractivity contribution in [2.24, 2.45) is 11.7 Å². The number of rotatable bonds is 3. The maximum Gasteiger partial charge on any atom is 0.302 e. The van der Waals surface area contributed by atoms with Gasteiger partial charge in [0.25, 0.3) is 0 Å². The van der Waals surface area contributed by atoms with E-state index in [1.165, 1.54) is 4.31 Å². The van der Waals surface area contributed by atoms with Gasteiger partial charge in [0.2, 0.25) is 0 Å². The minimum absolute atomic E-state index is 0.240. The Hall–Kier alpha value is -1.62. The van der Waals surface area contributed by atoms with Crippen LogP contribution >= 0.6 is 0 Å². The smallest absolute Gasteiger partial charge is 0.302 e. The fourth-order valence-electron chi connectivity index (χ4n) is 2.12. The third-order valence-corrected chi connectivity index (χ3v) is 4.90. The molecule has 1 aromatic rings. The van der Waals surface area contributed by atoms with E-state index >= 15 is 0 Å². The summed E-state index contributed by atoms with van der Waals surface area (Å²) in [5.74, 6) is 6.32. The van der Waals surface area contributed by atoms with Crippen LogP contribution in [-0.4, -0.2) is 37.3 Å². The maximum atomic E-state index is 12.3. The molecule has 114 valence electrons. The number of piperidine rings is 1. The summed E-state index contributed by atoms with van der Waals surface area (Å²) < 4.78 is 28.6. The van der Waals surface area contributed by atoms with E-state index in [1.54, 1.807) is 18.2 Å². The SMILES string of the molecule is CC1CCN(S(=O)(=O)Nc2cccc(C#CCN)n2)CC1. The summed E-state index contributed by atoms with van der Waals surface area (Å²) in [5.41, 5.74) is 5.80. The molecule has 1 fully saturated rings. The second-order valence-electron chi connectivity index (χ2n) is 5.10. The Bertz CT molecular complexity index is 640. The van der Waals surface area contributed by atoms with Crippen LogP contribution in [0.4, 0.5) is 5.82 Å². The number of pyridine rings is 1. The Labute approximate surface area is 125 Å².